The number of nitrogens with zero attached hydrogens (tertiary/aromatic N) is 6. The highest BCUT2D eigenvalue weighted by atomic mass is 16.6. The van der Waals surface area contributed by atoms with Gasteiger partial charge in [0.15, 0.2) is 5.82 Å². The first-order chi connectivity index (χ1) is 17.2. The lowest BCUT2D eigenvalue weighted by atomic mass is 10.0. The van der Waals surface area contributed by atoms with Gasteiger partial charge in [0.1, 0.15) is 23.8 Å². The van der Waals surface area contributed by atoms with E-state index in [1.807, 2.05) is 13.0 Å². The van der Waals surface area contributed by atoms with Gasteiger partial charge in [0, 0.05) is 47.6 Å². The first-order valence-corrected chi connectivity index (χ1v) is 11.0. The number of phenols is 1. The Morgan fingerprint density at radius 2 is 2.00 bits per heavy atom. The molecule has 182 valence electrons. The Bertz CT molecular complexity index is 1450. The molecule has 0 aliphatic heterocycles. The zero-order chi connectivity index (χ0) is 25.8. The number of benzene rings is 2. The molecule has 2 aromatic carbocycles. The molecular formula is C25H23N7O4. The highest BCUT2D eigenvalue weighted by Crippen LogP contribution is 2.34. The van der Waals surface area contributed by atoms with Crippen LogP contribution in [0.3, 0.4) is 0 Å². The maximum atomic E-state index is 11.3. The number of aromatic nitrogens is 4. The van der Waals surface area contributed by atoms with Gasteiger partial charge >= 0.3 is 0 Å². The van der Waals surface area contributed by atoms with E-state index in [-0.39, 0.29) is 30.4 Å². The van der Waals surface area contributed by atoms with Gasteiger partial charge in [-0.1, -0.05) is 12.1 Å². The van der Waals surface area contributed by atoms with Gasteiger partial charge in [0.2, 0.25) is 0 Å². The zero-order valence-electron chi connectivity index (χ0n) is 19.6. The van der Waals surface area contributed by atoms with Crippen molar-refractivity contribution in [1.82, 2.24) is 19.7 Å². The Kier molecular flexibility index (Phi) is 6.89. The molecule has 0 amide bonds. The summed E-state index contributed by atoms with van der Waals surface area (Å²) in [6.45, 7) is 3.70. The summed E-state index contributed by atoms with van der Waals surface area (Å²) in [5.41, 5.74) is 3.31. The third kappa shape index (κ3) is 5.45. The Hall–Kier alpha value is -4.82. The van der Waals surface area contributed by atoms with E-state index in [0.29, 0.717) is 33.9 Å². The summed E-state index contributed by atoms with van der Waals surface area (Å²) in [5.74, 6) is 0.703. The van der Waals surface area contributed by atoms with E-state index < -0.39 is 11.0 Å². The standard InChI is InChI=1S/C25H23N7O4/c1-15-8-18(11-20(34)9-15)24-21(14-31(30-24)7-6-26)22-12-23(27-13-16(2)33)29-25(28-22)17-4-3-5-19(10-17)32(35)36/h3-5,8-12,14,16,33-34H,7,13H2,1-2H3,(H,27,28,29)/t16-/m0/s1. The molecule has 3 N–H and O–H groups in total. The number of hydrogen-bond acceptors (Lipinski definition) is 9. The summed E-state index contributed by atoms with van der Waals surface area (Å²) in [6, 6.07) is 14.8. The van der Waals surface area contributed by atoms with E-state index in [2.05, 4.69) is 26.5 Å². The van der Waals surface area contributed by atoms with Crippen LogP contribution in [0, 0.1) is 28.4 Å². The maximum Gasteiger partial charge on any atom is 0.270 e. The molecular weight excluding hydrogens is 462 g/mol. The molecule has 4 rings (SSSR count). The number of rotatable bonds is 8. The van der Waals surface area contributed by atoms with Crippen LogP contribution in [0.4, 0.5) is 11.5 Å². The van der Waals surface area contributed by atoms with Crippen LogP contribution in [0.15, 0.2) is 54.7 Å². The second-order valence-electron chi connectivity index (χ2n) is 8.30. The molecule has 1 atom stereocenters. The second-order valence-corrected chi connectivity index (χ2v) is 8.30. The number of phenolic OH excluding ortho intramolecular Hbond substituents is 1. The van der Waals surface area contributed by atoms with Crippen LogP contribution in [0.25, 0.3) is 33.9 Å². The van der Waals surface area contributed by atoms with Crippen LogP contribution in [0.1, 0.15) is 12.5 Å². The van der Waals surface area contributed by atoms with E-state index in [4.69, 9.17) is 0 Å². The first-order valence-electron chi connectivity index (χ1n) is 11.0. The van der Waals surface area contributed by atoms with Crippen LogP contribution in [-0.4, -0.2) is 47.5 Å². The maximum absolute atomic E-state index is 11.3. The third-order valence-electron chi connectivity index (χ3n) is 5.23. The first kappa shape index (κ1) is 24.3. The minimum absolute atomic E-state index is 0.000747. The minimum atomic E-state index is -0.645. The summed E-state index contributed by atoms with van der Waals surface area (Å²) < 4.78 is 1.47. The molecule has 11 nitrogen and oxygen atoms in total. The van der Waals surface area contributed by atoms with Crippen molar-refractivity contribution in [2.75, 3.05) is 11.9 Å². The highest BCUT2D eigenvalue weighted by Gasteiger charge is 2.19. The highest BCUT2D eigenvalue weighted by molar-refractivity contribution is 5.81. The van der Waals surface area contributed by atoms with Gasteiger partial charge in [0.25, 0.3) is 5.69 Å². The molecule has 2 aromatic heterocycles. The quantitative estimate of drug-likeness (QED) is 0.248. The number of aliphatic hydroxyl groups excluding tert-OH is 1. The Balaban J connectivity index is 1.92. The van der Waals surface area contributed by atoms with E-state index in [1.165, 1.54) is 16.8 Å². The molecule has 0 aliphatic carbocycles. The number of hydrogen-bond donors (Lipinski definition) is 3. The van der Waals surface area contributed by atoms with Gasteiger partial charge in [-0.2, -0.15) is 10.4 Å². The van der Waals surface area contributed by atoms with E-state index in [9.17, 15) is 25.6 Å². The van der Waals surface area contributed by atoms with Crippen LogP contribution < -0.4 is 5.32 Å². The average Bonchev–Trinajstić information content (AvgIpc) is 3.26. The molecule has 0 unspecified atom stereocenters. The van der Waals surface area contributed by atoms with Gasteiger partial charge in [-0.05, 0) is 37.6 Å². The van der Waals surface area contributed by atoms with Crippen LogP contribution in [0.5, 0.6) is 5.75 Å². The van der Waals surface area contributed by atoms with Crippen LogP contribution >= 0.6 is 0 Å². The Labute approximate surface area is 206 Å². The van der Waals surface area contributed by atoms with Gasteiger partial charge in [-0.25, -0.2) is 9.97 Å². The molecule has 0 aliphatic rings. The van der Waals surface area contributed by atoms with Crippen molar-refractivity contribution in [2.45, 2.75) is 26.5 Å². The van der Waals surface area contributed by atoms with E-state index in [1.54, 1.807) is 43.5 Å². The molecule has 0 fully saturated rings. The van der Waals surface area contributed by atoms with E-state index in [0.717, 1.165) is 5.56 Å². The number of anilines is 1. The normalized spacial score (nSPS) is 11.6. The predicted octanol–water partition coefficient (Wildman–Crippen LogP) is 3.91. The molecule has 0 bridgehead atoms. The fourth-order valence-corrected chi connectivity index (χ4v) is 3.69. The third-order valence-corrected chi connectivity index (χ3v) is 5.23. The molecule has 0 saturated heterocycles. The number of nitro groups is 1. The number of nitrogens with one attached hydrogen (secondary N) is 1. The zero-order valence-corrected chi connectivity index (χ0v) is 19.6. The Morgan fingerprint density at radius 1 is 1.19 bits per heavy atom. The van der Waals surface area contributed by atoms with Gasteiger partial charge in [-0.3, -0.25) is 14.8 Å². The molecule has 0 saturated carbocycles. The lowest BCUT2D eigenvalue weighted by molar-refractivity contribution is -0.384. The second kappa shape index (κ2) is 10.2. The van der Waals surface area contributed by atoms with E-state index >= 15 is 0 Å². The molecule has 4 aromatic rings. The number of aryl methyl sites for hydroxylation is 1. The van der Waals surface area contributed by atoms with Gasteiger partial charge in [0.05, 0.1) is 22.8 Å². The van der Waals surface area contributed by atoms with Gasteiger partial charge < -0.3 is 15.5 Å². The number of aliphatic hydroxyl groups is 1. The van der Waals surface area contributed by atoms with Crippen LogP contribution in [0.2, 0.25) is 0 Å². The van der Waals surface area contributed by atoms with Crippen molar-refractivity contribution in [3.05, 3.63) is 70.4 Å². The van der Waals surface area contributed by atoms with Crippen molar-refractivity contribution >= 4 is 11.5 Å². The largest absolute Gasteiger partial charge is 0.508 e. The monoisotopic (exact) mass is 485 g/mol. The van der Waals surface area contributed by atoms with Crippen molar-refractivity contribution in [1.29, 1.82) is 5.26 Å². The molecule has 0 spiro atoms. The van der Waals surface area contributed by atoms with Crippen LogP contribution in [-0.2, 0) is 6.54 Å². The number of non-ortho nitro benzene ring substituents is 1. The smallest absolute Gasteiger partial charge is 0.270 e. The summed E-state index contributed by atoms with van der Waals surface area (Å²) in [7, 11) is 0. The Morgan fingerprint density at radius 3 is 2.69 bits per heavy atom. The number of aromatic hydroxyl groups is 1. The number of nitro benzene ring substituents is 1. The summed E-state index contributed by atoms with van der Waals surface area (Å²) >= 11 is 0. The van der Waals surface area contributed by atoms with Crippen molar-refractivity contribution in [2.24, 2.45) is 0 Å². The average molecular weight is 486 g/mol. The lowest BCUT2D eigenvalue weighted by Crippen LogP contribution is -2.16. The fourth-order valence-electron chi connectivity index (χ4n) is 3.69. The number of nitriles is 1. The lowest BCUT2D eigenvalue weighted by Gasteiger charge is -2.12. The van der Waals surface area contributed by atoms with Crippen molar-refractivity contribution in [3.8, 4) is 45.7 Å². The SMILES string of the molecule is Cc1cc(O)cc(-c2nn(CC#N)cc2-c2cc(NC[C@H](C)O)nc(-c3cccc([N+](=O)[O-])c3)n2)c1. The fraction of sp³-hybridized carbons (Fsp3) is 0.200. The summed E-state index contributed by atoms with van der Waals surface area (Å²) in [4.78, 5) is 20.0. The molecule has 0 radical (unpaired) electrons. The summed E-state index contributed by atoms with van der Waals surface area (Å²) in [6.07, 6.45) is 1.03. The summed E-state index contributed by atoms with van der Waals surface area (Å²) in [5, 5.41) is 48.0. The predicted molar refractivity (Wildman–Crippen MR) is 133 cm³/mol. The van der Waals surface area contributed by atoms with Gasteiger partial charge in [-0.15, -0.1) is 0 Å². The van der Waals surface area contributed by atoms with Crippen molar-refractivity contribution in [3.63, 3.8) is 0 Å². The molecule has 36 heavy (non-hydrogen) atoms. The molecule has 2 heterocycles. The van der Waals surface area contributed by atoms with Crippen molar-refractivity contribution < 1.29 is 15.1 Å². The minimum Gasteiger partial charge on any atom is -0.508 e. The topological polar surface area (TPSA) is 163 Å². The molecule has 11 heteroatoms.